The molecule has 0 atom stereocenters. The number of nitrogens with zero attached hydrogens (tertiary/aromatic N) is 5. The minimum absolute atomic E-state index is 0. The first-order valence-corrected chi connectivity index (χ1v) is 9.09. The highest BCUT2D eigenvalue weighted by Crippen LogP contribution is 2.29. The number of benzene rings is 1. The molecule has 1 aromatic carbocycles. The Bertz CT molecular complexity index is 794. The molecule has 1 aliphatic rings. The van der Waals surface area contributed by atoms with Gasteiger partial charge < -0.3 is 15.0 Å². The summed E-state index contributed by atoms with van der Waals surface area (Å²) in [6, 6.07) is 5.32. The van der Waals surface area contributed by atoms with E-state index in [1.165, 1.54) is 18.3 Å². The van der Waals surface area contributed by atoms with Crippen molar-refractivity contribution in [1.82, 2.24) is 19.4 Å². The van der Waals surface area contributed by atoms with E-state index in [4.69, 9.17) is 0 Å². The average Bonchev–Trinajstić information content (AvgIpc) is 3.12. The van der Waals surface area contributed by atoms with Crippen LogP contribution in [-0.4, -0.2) is 57.0 Å². The maximum Gasteiger partial charge on any atom is 0.434 e. The standard InChI is InChI=1S/C18H22F3N5O2.2ClH/c19-18(20,21)16-4-2-15(3-5-16)14-24-12-10-23(11-13-24)7-1-8-25-9-6-22-17(25)26(27)28;;/h2-6,9H,1,7-8,10-14H2;2*1H. The van der Waals surface area contributed by atoms with Gasteiger partial charge in [0.15, 0.2) is 0 Å². The van der Waals surface area contributed by atoms with Gasteiger partial charge in [0.25, 0.3) is 0 Å². The molecule has 0 spiro atoms. The lowest BCUT2D eigenvalue weighted by molar-refractivity contribution is -0.396. The summed E-state index contributed by atoms with van der Waals surface area (Å²) in [5.74, 6) is -0.138. The number of aryl methyl sites for hydroxylation is 1. The molecule has 168 valence electrons. The minimum atomic E-state index is -4.30. The van der Waals surface area contributed by atoms with Crippen LogP contribution in [0.2, 0.25) is 0 Å². The molecule has 1 aliphatic heterocycles. The fourth-order valence-electron chi connectivity index (χ4n) is 3.34. The zero-order valence-electron chi connectivity index (χ0n) is 16.1. The Labute approximate surface area is 184 Å². The molecular weight excluding hydrogens is 446 g/mol. The van der Waals surface area contributed by atoms with E-state index in [1.807, 2.05) is 0 Å². The van der Waals surface area contributed by atoms with Crippen molar-refractivity contribution in [2.45, 2.75) is 25.7 Å². The molecule has 0 saturated carbocycles. The van der Waals surface area contributed by atoms with Crippen LogP contribution in [0.3, 0.4) is 0 Å². The minimum Gasteiger partial charge on any atom is -0.390 e. The molecule has 2 aromatic rings. The Hall–Kier alpha value is -1.88. The molecule has 1 aromatic heterocycles. The summed E-state index contributed by atoms with van der Waals surface area (Å²) in [6.45, 7) is 5.43. The van der Waals surface area contributed by atoms with Gasteiger partial charge in [-0.1, -0.05) is 17.1 Å². The lowest BCUT2D eigenvalue weighted by Crippen LogP contribution is -2.46. The molecular formula is C18H24Cl2F3N5O2. The zero-order chi connectivity index (χ0) is 20.1. The SMILES string of the molecule is Cl.Cl.O=[N+]([O-])c1nccn1CCCN1CCN(Cc2ccc(C(F)(F)F)cc2)CC1. The third-order valence-corrected chi connectivity index (χ3v) is 4.88. The lowest BCUT2D eigenvalue weighted by Gasteiger charge is -2.34. The van der Waals surface area contributed by atoms with E-state index < -0.39 is 16.7 Å². The summed E-state index contributed by atoms with van der Waals surface area (Å²) < 4.78 is 39.4. The molecule has 12 heteroatoms. The molecule has 0 N–H and O–H groups in total. The number of rotatable bonds is 7. The van der Waals surface area contributed by atoms with Gasteiger partial charge in [0.1, 0.15) is 12.4 Å². The number of piperazine rings is 1. The van der Waals surface area contributed by atoms with E-state index in [9.17, 15) is 23.3 Å². The van der Waals surface area contributed by atoms with Crippen molar-refractivity contribution in [2.75, 3.05) is 32.7 Å². The molecule has 0 radical (unpaired) electrons. The van der Waals surface area contributed by atoms with Crippen molar-refractivity contribution in [3.63, 3.8) is 0 Å². The van der Waals surface area contributed by atoms with Gasteiger partial charge in [0, 0.05) is 39.3 Å². The molecule has 1 fully saturated rings. The summed E-state index contributed by atoms with van der Waals surface area (Å²) in [6.07, 6.45) is -0.477. The van der Waals surface area contributed by atoms with Crippen LogP contribution in [0.15, 0.2) is 36.7 Å². The molecule has 1 saturated heterocycles. The first-order valence-electron chi connectivity index (χ1n) is 9.09. The third-order valence-electron chi connectivity index (χ3n) is 4.88. The second-order valence-electron chi connectivity index (χ2n) is 6.84. The number of aromatic nitrogens is 2. The maximum atomic E-state index is 12.6. The molecule has 0 bridgehead atoms. The van der Waals surface area contributed by atoms with E-state index in [0.29, 0.717) is 13.1 Å². The Morgan fingerprint density at radius 3 is 2.17 bits per heavy atom. The molecule has 3 rings (SSSR count). The highest BCUT2D eigenvalue weighted by molar-refractivity contribution is 5.85. The monoisotopic (exact) mass is 469 g/mol. The summed E-state index contributed by atoms with van der Waals surface area (Å²) in [5, 5.41) is 10.9. The molecule has 0 aliphatic carbocycles. The predicted octanol–water partition coefficient (Wildman–Crippen LogP) is 3.86. The average molecular weight is 470 g/mol. The second kappa shape index (κ2) is 11.5. The zero-order valence-corrected chi connectivity index (χ0v) is 17.8. The smallest absolute Gasteiger partial charge is 0.390 e. The van der Waals surface area contributed by atoms with Gasteiger partial charge >= 0.3 is 12.1 Å². The van der Waals surface area contributed by atoms with Crippen LogP contribution in [0.1, 0.15) is 17.5 Å². The van der Waals surface area contributed by atoms with Gasteiger partial charge in [0.05, 0.1) is 12.1 Å². The predicted molar refractivity (Wildman–Crippen MR) is 111 cm³/mol. The first-order chi connectivity index (χ1) is 13.3. The van der Waals surface area contributed by atoms with E-state index in [2.05, 4.69) is 14.8 Å². The van der Waals surface area contributed by atoms with E-state index in [-0.39, 0.29) is 30.8 Å². The van der Waals surface area contributed by atoms with Crippen molar-refractivity contribution < 1.29 is 18.1 Å². The Morgan fingerprint density at radius 1 is 1.00 bits per heavy atom. The number of hydrogen-bond donors (Lipinski definition) is 0. The van der Waals surface area contributed by atoms with Crippen LogP contribution in [0, 0.1) is 10.1 Å². The third kappa shape index (κ3) is 7.12. The van der Waals surface area contributed by atoms with E-state index in [0.717, 1.165) is 56.8 Å². The summed E-state index contributed by atoms with van der Waals surface area (Å²) in [4.78, 5) is 18.6. The number of hydrogen-bond acceptors (Lipinski definition) is 5. The van der Waals surface area contributed by atoms with Crippen LogP contribution in [-0.2, 0) is 19.3 Å². The van der Waals surface area contributed by atoms with E-state index >= 15 is 0 Å². The topological polar surface area (TPSA) is 67.4 Å². The lowest BCUT2D eigenvalue weighted by atomic mass is 10.1. The van der Waals surface area contributed by atoms with Gasteiger partial charge in [-0.3, -0.25) is 4.90 Å². The molecule has 30 heavy (non-hydrogen) atoms. The van der Waals surface area contributed by atoms with Crippen LogP contribution >= 0.6 is 24.8 Å². The van der Waals surface area contributed by atoms with Crippen LogP contribution in [0.5, 0.6) is 0 Å². The van der Waals surface area contributed by atoms with Gasteiger partial charge in [-0.25, -0.2) is 4.57 Å². The fraction of sp³-hybridized carbons (Fsp3) is 0.500. The number of alkyl halides is 3. The normalized spacial score (nSPS) is 15.3. The Balaban J connectivity index is 0.00000225. The summed E-state index contributed by atoms with van der Waals surface area (Å²) in [5.41, 5.74) is 0.244. The molecule has 0 unspecified atom stereocenters. The second-order valence-corrected chi connectivity index (χ2v) is 6.84. The van der Waals surface area contributed by atoms with Gasteiger partial charge in [-0.15, -0.1) is 24.8 Å². The van der Waals surface area contributed by atoms with Gasteiger partial charge in [0.2, 0.25) is 0 Å². The Kier molecular flexibility index (Phi) is 10.0. The van der Waals surface area contributed by atoms with E-state index in [1.54, 1.807) is 10.8 Å². The van der Waals surface area contributed by atoms with Gasteiger partial charge in [-0.2, -0.15) is 13.2 Å². The molecule has 2 heterocycles. The highest BCUT2D eigenvalue weighted by atomic mass is 35.5. The quantitative estimate of drug-likeness (QED) is 0.454. The summed E-state index contributed by atoms with van der Waals surface area (Å²) >= 11 is 0. The molecule has 0 amide bonds. The largest absolute Gasteiger partial charge is 0.434 e. The molecule has 7 nitrogen and oxygen atoms in total. The Morgan fingerprint density at radius 2 is 1.60 bits per heavy atom. The van der Waals surface area contributed by atoms with Crippen molar-refractivity contribution >= 4 is 30.8 Å². The van der Waals surface area contributed by atoms with Crippen molar-refractivity contribution in [3.05, 3.63) is 57.9 Å². The van der Waals surface area contributed by atoms with Crippen LogP contribution in [0.4, 0.5) is 19.1 Å². The number of nitro groups is 1. The highest BCUT2D eigenvalue weighted by Gasteiger charge is 2.30. The van der Waals surface area contributed by atoms with Crippen LogP contribution < -0.4 is 0 Å². The fourth-order valence-corrected chi connectivity index (χ4v) is 3.34. The number of halogens is 5. The van der Waals surface area contributed by atoms with Crippen molar-refractivity contribution in [1.29, 1.82) is 0 Å². The first kappa shape index (κ1) is 26.2. The maximum absolute atomic E-state index is 12.6. The van der Waals surface area contributed by atoms with Crippen LogP contribution in [0.25, 0.3) is 0 Å². The van der Waals surface area contributed by atoms with Crippen molar-refractivity contribution in [2.24, 2.45) is 0 Å². The van der Waals surface area contributed by atoms with Gasteiger partial charge in [-0.05, 0) is 29.0 Å². The van der Waals surface area contributed by atoms with Crippen molar-refractivity contribution in [3.8, 4) is 0 Å². The summed E-state index contributed by atoms with van der Waals surface area (Å²) in [7, 11) is 0. The number of imidazole rings is 1.